The minimum Gasteiger partial charge on any atom is -0.488 e. The summed E-state index contributed by atoms with van der Waals surface area (Å²) in [7, 11) is 0. The van der Waals surface area contributed by atoms with Gasteiger partial charge in [0.2, 0.25) is 0 Å². The SMILES string of the molecule is CCC(=O)c1ccc2c(c1)COc1cc3c(cc1-2)CCC(C)C3=O. The van der Waals surface area contributed by atoms with Crippen molar-refractivity contribution in [3.05, 3.63) is 52.6 Å². The van der Waals surface area contributed by atoms with Crippen LogP contribution in [0.15, 0.2) is 30.3 Å². The van der Waals surface area contributed by atoms with E-state index in [2.05, 4.69) is 6.07 Å². The number of ether oxygens (including phenoxy) is 1. The molecule has 4 rings (SSSR count). The Hall–Kier alpha value is -2.42. The molecule has 0 amide bonds. The molecular formula is C21H20O3. The van der Waals surface area contributed by atoms with E-state index < -0.39 is 0 Å². The zero-order valence-electron chi connectivity index (χ0n) is 14.0. The Labute approximate surface area is 141 Å². The van der Waals surface area contributed by atoms with Gasteiger partial charge in [0.05, 0.1) is 0 Å². The standard InChI is InChI=1S/C21H20O3/c1-3-19(22)14-6-7-16-15(8-14)11-24-20-10-17-13(9-18(16)20)5-4-12(2)21(17)23/h6-10,12H,3-5,11H2,1-2H3. The van der Waals surface area contributed by atoms with Gasteiger partial charge in [0.1, 0.15) is 12.4 Å². The number of aryl methyl sites for hydroxylation is 1. The molecule has 0 aromatic heterocycles. The van der Waals surface area contributed by atoms with Crippen molar-refractivity contribution < 1.29 is 14.3 Å². The van der Waals surface area contributed by atoms with E-state index in [1.54, 1.807) is 0 Å². The Bertz CT molecular complexity index is 864. The minimum atomic E-state index is 0.0917. The summed E-state index contributed by atoms with van der Waals surface area (Å²) < 4.78 is 5.90. The molecule has 0 bridgehead atoms. The lowest BCUT2D eigenvalue weighted by atomic mass is 9.81. The van der Waals surface area contributed by atoms with E-state index in [4.69, 9.17) is 4.74 Å². The Kier molecular flexibility index (Phi) is 3.52. The second-order valence-corrected chi connectivity index (χ2v) is 6.75. The van der Waals surface area contributed by atoms with Gasteiger partial charge in [-0.2, -0.15) is 0 Å². The molecule has 1 heterocycles. The van der Waals surface area contributed by atoms with E-state index in [1.807, 2.05) is 38.1 Å². The maximum absolute atomic E-state index is 12.4. The highest BCUT2D eigenvalue weighted by Gasteiger charge is 2.28. The van der Waals surface area contributed by atoms with Gasteiger partial charge in [-0.25, -0.2) is 0 Å². The molecule has 0 saturated carbocycles. The predicted octanol–water partition coefficient (Wildman–Crippen LogP) is 4.60. The average molecular weight is 320 g/mol. The third kappa shape index (κ3) is 2.27. The summed E-state index contributed by atoms with van der Waals surface area (Å²) in [5, 5.41) is 0. The summed E-state index contributed by atoms with van der Waals surface area (Å²) in [6.07, 6.45) is 2.34. The highest BCUT2D eigenvalue weighted by molar-refractivity contribution is 6.01. The molecule has 122 valence electrons. The molecule has 0 N–H and O–H groups in total. The lowest BCUT2D eigenvalue weighted by Gasteiger charge is -2.26. The topological polar surface area (TPSA) is 43.4 Å². The van der Waals surface area contributed by atoms with Crippen molar-refractivity contribution in [2.75, 3.05) is 0 Å². The number of fused-ring (bicyclic) bond motifs is 4. The van der Waals surface area contributed by atoms with Gasteiger partial charge in [0.25, 0.3) is 0 Å². The largest absolute Gasteiger partial charge is 0.488 e. The van der Waals surface area contributed by atoms with Gasteiger partial charge in [-0.3, -0.25) is 9.59 Å². The monoisotopic (exact) mass is 320 g/mol. The predicted molar refractivity (Wildman–Crippen MR) is 92.6 cm³/mol. The summed E-state index contributed by atoms with van der Waals surface area (Å²) in [4.78, 5) is 24.3. The van der Waals surface area contributed by atoms with Crippen molar-refractivity contribution in [1.29, 1.82) is 0 Å². The minimum absolute atomic E-state index is 0.0917. The molecule has 0 spiro atoms. The zero-order valence-corrected chi connectivity index (χ0v) is 14.0. The average Bonchev–Trinajstić information content (AvgIpc) is 2.62. The van der Waals surface area contributed by atoms with Crippen LogP contribution in [0.1, 0.15) is 58.5 Å². The number of ketones is 2. The first kappa shape index (κ1) is 15.1. The van der Waals surface area contributed by atoms with Gasteiger partial charge in [0.15, 0.2) is 11.6 Å². The van der Waals surface area contributed by atoms with Crippen LogP contribution in [0.25, 0.3) is 11.1 Å². The first-order valence-electron chi connectivity index (χ1n) is 8.59. The van der Waals surface area contributed by atoms with Crippen LogP contribution in [-0.4, -0.2) is 11.6 Å². The van der Waals surface area contributed by atoms with Crippen LogP contribution in [0.4, 0.5) is 0 Å². The first-order chi connectivity index (χ1) is 11.6. The van der Waals surface area contributed by atoms with Crippen LogP contribution < -0.4 is 4.74 Å². The van der Waals surface area contributed by atoms with E-state index >= 15 is 0 Å². The fourth-order valence-corrected chi connectivity index (χ4v) is 3.67. The Morgan fingerprint density at radius 2 is 1.96 bits per heavy atom. The summed E-state index contributed by atoms with van der Waals surface area (Å²) in [5.41, 5.74) is 5.85. The zero-order chi connectivity index (χ0) is 16.8. The van der Waals surface area contributed by atoms with Gasteiger partial charge >= 0.3 is 0 Å². The molecule has 24 heavy (non-hydrogen) atoms. The van der Waals surface area contributed by atoms with Crippen molar-refractivity contribution >= 4 is 11.6 Å². The van der Waals surface area contributed by atoms with E-state index in [9.17, 15) is 9.59 Å². The van der Waals surface area contributed by atoms with Crippen LogP contribution >= 0.6 is 0 Å². The fraction of sp³-hybridized carbons (Fsp3) is 0.333. The lowest BCUT2D eigenvalue weighted by molar-refractivity contribution is 0.0912. The number of benzene rings is 2. The van der Waals surface area contributed by atoms with E-state index in [-0.39, 0.29) is 17.5 Å². The summed E-state index contributed by atoms with van der Waals surface area (Å²) in [6, 6.07) is 9.87. The van der Waals surface area contributed by atoms with Crippen molar-refractivity contribution in [2.45, 2.75) is 39.7 Å². The lowest BCUT2D eigenvalue weighted by Crippen LogP contribution is -2.21. The van der Waals surface area contributed by atoms with E-state index in [0.29, 0.717) is 13.0 Å². The Balaban J connectivity index is 1.82. The molecule has 0 radical (unpaired) electrons. The second kappa shape index (κ2) is 5.59. The smallest absolute Gasteiger partial charge is 0.166 e. The highest BCUT2D eigenvalue weighted by Crippen LogP contribution is 2.41. The molecule has 0 saturated heterocycles. The number of carbonyl (C=O) groups excluding carboxylic acids is 2. The van der Waals surface area contributed by atoms with Crippen LogP contribution in [-0.2, 0) is 13.0 Å². The molecule has 1 atom stereocenters. The summed E-state index contributed by atoms with van der Waals surface area (Å²) in [5.74, 6) is 1.23. The number of carbonyl (C=O) groups is 2. The van der Waals surface area contributed by atoms with Gasteiger partial charge in [-0.05, 0) is 47.7 Å². The molecule has 2 aromatic rings. The van der Waals surface area contributed by atoms with Crippen molar-refractivity contribution in [3.63, 3.8) is 0 Å². The van der Waals surface area contributed by atoms with Gasteiger partial charge < -0.3 is 4.74 Å². The van der Waals surface area contributed by atoms with Crippen molar-refractivity contribution in [3.8, 4) is 16.9 Å². The highest BCUT2D eigenvalue weighted by atomic mass is 16.5. The molecule has 3 nitrogen and oxygen atoms in total. The Morgan fingerprint density at radius 1 is 1.12 bits per heavy atom. The van der Waals surface area contributed by atoms with Crippen LogP contribution in [0, 0.1) is 5.92 Å². The molecule has 2 aromatic carbocycles. The molecule has 1 aliphatic heterocycles. The third-order valence-corrected chi connectivity index (χ3v) is 5.19. The third-order valence-electron chi connectivity index (χ3n) is 5.19. The van der Waals surface area contributed by atoms with Crippen LogP contribution in [0.5, 0.6) is 5.75 Å². The maximum Gasteiger partial charge on any atom is 0.166 e. The van der Waals surface area contributed by atoms with Crippen molar-refractivity contribution in [1.82, 2.24) is 0 Å². The van der Waals surface area contributed by atoms with E-state index in [1.165, 1.54) is 0 Å². The quantitative estimate of drug-likeness (QED) is 0.759. The summed E-state index contributed by atoms with van der Waals surface area (Å²) >= 11 is 0. The molecule has 3 heteroatoms. The molecule has 1 unspecified atom stereocenters. The normalized spacial score (nSPS) is 18.2. The Morgan fingerprint density at radius 3 is 2.75 bits per heavy atom. The molecule has 2 aliphatic rings. The van der Waals surface area contributed by atoms with Gasteiger partial charge in [-0.1, -0.05) is 26.0 Å². The van der Waals surface area contributed by atoms with Crippen molar-refractivity contribution in [2.24, 2.45) is 5.92 Å². The summed E-state index contributed by atoms with van der Waals surface area (Å²) in [6.45, 7) is 4.31. The molecular weight excluding hydrogens is 300 g/mol. The number of rotatable bonds is 2. The second-order valence-electron chi connectivity index (χ2n) is 6.75. The maximum atomic E-state index is 12.4. The van der Waals surface area contributed by atoms with Crippen LogP contribution in [0.3, 0.4) is 0 Å². The van der Waals surface area contributed by atoms with Gasteiger partial charge in [-0.15, -0.1) is 0 Å². The number of hydrogen-bond acceptors (Lipinski definition) is 3. The van der Waals surface area contributed by atoms with Gasteiger partial charge in [0, 0.05) is 29.0 Å². The first-order valence-corrected chi connectivity index (χ1v) is 8.59. The number of Topliss-reactive ketones (excluding diaryl/α,β-unsaturated/α-hetero) is 2. The number of hydrogen-bond donors (Lipinski definition) is 0. The fourth-order valence-electron chi connectivity index (χ4n) is 3.67. The van der Waals surface area contributed by atoms with Crippen LogP contribution in [0.2, 0.25) is 0 Å². The molecule has 0 fully saturated rings. The molecule has 1 aliphatic carbocycles. The van der Waals surface area contributed by atoms with E-state index in [0.717, 1.165) is 52.0 Å².